The molecule has 0 spiro atoms. The van der Waals surface area contributed by atoms with Gasteiger partial charge in [-0.3, -0.25) is 0 Å². The van der Waals surface area contributed by atoms with Crippen molar-refractivity contribution in [3.63, 3.8) is 0 Å². The predicted molar refractivity (Wildman–Crippen MR) is 396 cm³/mol. The van der Waals surface area contributed by atoms with Crippen molar-refractivity contribution >= 4 is 31.0 Å². The maximum absolute atomic E-state index is 7.79. The molecule has 0 saturated carbocycles. The molecule has 6 rings (SSSR count). The van der Waals surface area contributed by atoms with Gasteiger partial charge < -0.3 is 60.6 Å². The molecular weight excluding hydrogens is 1240 g/mol. The zero-order chi connectivity index (χ0) is 71.0. The summed E-state index contributed by atoms with van der Waals surface area (Å²) in [6, 6.07) is 26.7. The van der Waals surface area contributed by atoms with Gasteiger partial charge in [0.2, 0.25) is 0 Å². The Morgan fingerprint density at radius 2 is 0.916 bits per heavy atom. The summed E-state index contributed by atoms with van der Waals surface area (Å²) in [6.45, 7) is 62.9. The lowest BCUT2D eigenvalue weighted by atomic mass is 9.76. The third kappa shape index (κ3) is 21.9. The van der Waals surface area contributed by atoms with E-state index in [1.165, 1.54) is 0 Å². The topological polar surface area (TPSA) is 120 Å². The van der Waals surface area contributed by atoms with Crippen LogP contribution in [0.25, 0.3) is 6.08 Å². The Kier molecular flexibility index (Phi) is 28.5. The summed E-state index contributed by atoms with van der Waals surface area (Å²) in [5.74, 6) is -1.27. The standard InChI is InChI=1S/C79H134O13Si3/c1-52(2)95(53(3)4,54(5)6)84-51-67(82-49-61-35-40-63(80-24)41-36-61)46-65-45-66(86-77(18,19)85-65)47-70(91-93(26,27)75(12,13)14)57(9)72-56(8)69(87-78(20,21)88-72)48-71(92-94(28,29)76(15,16)17)58(10)74-59(11)73(89-79(22,23)90-74)55(7)68(44-39-60-33-31-30-32-34-60)83-50-62-37-42-64(81-25)43-38-62/h30-44,52-59,65-74H,45-51H2,1-29H3/b44-39+/t55-,56+,57+,58+,59+,65-,66-,67+,68-,69+,70-,71-,72+,73+,74-/m1/s1. The summed E-state index contributed by atoms with van der Waals surface area (Å²) < 4.78 is 90.6. The second-order valence-electron chi connectivity index (χ2n) is 34.0. The molecular formula is C79H134O13Si3. The Morgan fingerprint density at radius 1 is 0.505 bits per heavy atom. The molecule has 3 aliphatic rings. The molecule has 3 fully saturated rings. The zero-order valence-electron chi connectivity index (χ0n) is 64.8. The van der Waals surface area contributed by atoms with Gasteiger partial charge in [0, 0.05) is 42.4 Å². The van der Waals surface area contributed by atoms with Gasteiger partial charge in [0.1, 0.15) is 11.5 Å². The summed E-state index contributed by atoms with van der Waals surface area (Å²) >= 11 is 0. The van der Waals surface area contributed by atoms with Crippen LogP contribution in [0.15, 0.2) is 84.9 Å². The van der Waals surface area contributed by atoms with Gasteiger partial charge in [-0.05, 0) is 148 Å². The van der Waals surface area contributed by atoms with Gasteiger partial charge in [-0.15, -0.1) is 0 Å². The monoisotopic (exact) mass is 1370 g/mol. The SMILES string of the molecule is COc1ccc(CO[C@H](CO[Si](C(C)C)(C(C)C)C(C)C)C[C@H]2C[C@H](C[C@@H](O[Si](C)(C)C(C)(C)C)[C@H](C)[C@H]3OC(C)(C)O[C@@H](C[C@@H](O[Si](C)(C)C(C)(C)C)[C@H](C)[C@H]4OC(C)(C)O[C@@H]([C@H](C)[C@@H](/C=C/c5ccccc5)OCc5ccc(OC)cc5)[C@@H]4C)[C@@H]3C)OC(C)(C)O2)cc1. The van der Waals surface area contributed by atoms with Crippen molar-refractivity contribution in [1.82, 2.24) is 0 Å². The highest BCUT2D eigenvalue weighted by molar-refractivity contribution is 6.77. The van der Waals surface area contributed by atoms with E-state index in [4.69, 9.17) is 60.6 Å². The second kappa shape index (κ2) is 33.3. The van der Waals surface area contributed by atoms with E-state index >= 15 is 0 Å². The van der Waals surface area contributed by atoms with Crippen LogP contribution >= 0.6 is 0 Å². The average molecular weight is 1380 g/mol. The maximum Gasteiger partial charge on any atom is 0.200 e. The molecule has 0 bridgehead atoms. The molecule has 0 amide bonds. The van der Waals surface area contributed by atoms with Crippen LogP contribution in [0.2, 0.25) is 52.9 Å². The number of benzene rings is 3. The van der Waals surface area contributed by atoms with Crippen molar-refractivity contribution in [2.45, 2.75) is 329 Å². The zero-order valence-corrected chi connectivity index (χ0v) is 67.8. The molecule has 0 aromatic heterocycles. The van der Waals surface area contributed by atoms with Crippen molar-refractivity contribution in [3.05, 3.63) is 102 Å². The lowest BCUT2D eigenvalue weighted by molar-refractivity contribution is -0.345. The van der Waals surface area contributed by atoms with Crippen LogP contribution in [0.1, 0.15) is 202 Å². The number of ether oxygens (including phenoxy) is 10. The third-order valence-corrected chi connectivity index (χ3v) is 37.3. The Morgan fingerprint density at radius 3 is 1.37 bits per heavy atom. The van der Waals surface area contributed by atoms with Crippen LogP contribution in [0, 0.1) is 29.6 Å². The van der Waals surface area contributed by atoms with Crippen LogP contribution in [0.5, 0.6) is 11.5 Å². The van der Waals surface area contributed by atoms with E-state index in [0.29, 0.717) is 62.1 Å². The van der Waals surface area contributed by atoms with E-state index in [9.17, 15) is 0 Å². The highest BCUT2D eigenvalue weighted by Gasteiger charge is 2.54. The summed E-state index contributed by atoms with van der Waals surface area (Å²) in [5.41, 5.74) is 4.58. The molecule has 0 N–H and O–H groups in total. The first-order chi connectivity index (χ1) is 43.9. The van der Waals surface area contributed by atoms with Gasteiger partial charge in [-0.25, -0.2) is 0 Å². The highest BCUT2D eigenvalue weighted by Crippen LogP contribution is 2.49. The minimum atomic E-state index is -2.42. The predicted octanol–water partition coefficient (Wildman–Crippen LogP) is 20.2. The van der Waals surface area contributed by atoms with Crippen LogP contribution in [0.4, 0.5) is 0 Å². The largest absolute Gasteiger partial charge is 0.497 e. The van der Waals surface area contributed by atoms with Crippen LogP contribution < -0.4 is 9.47 Å². The smallest absolute Gasteiger partial charge is 0.200 e. The number of hydrogen-bond donors (Lipinski definition) is 0. The van der Waals surface area contributed by atoms with E-state index in [1.807, 2.05) is 30.3 Å². The molecule has 3 aliphatic heterocycles. The Balaban J connectivity index is 1.31. The molecule has 13 nitrogen and oxygen atoms in total. The molecule has 3 aromatic rings. The summed E-state index contributed by atoms with van der Waals surface area (Å²) in [7, 11) is -3.66. The van der Waals surface area contributed by atoms with E-state index in [1.54, 1.807) is 14.2 Å². The van der Waals surface area contributed by atoms with Gasteiger partial charge in [-0.1, -0.05) is 184 Å². The fraction of sp³-hybridized carbons (Fsp3) is 0.747. The molecule has 3 aromatic carbocycles. The first kappa shape index (κ1) is 81.2. The summed E-state index contributed by atoms with van der Waals surface area (Å²) in [6.07, 6.45) is 4.89. The lowest BCUT2D eigenvalue weighted by Crippen LogP contribution is -2.59. The quantitative estimate of drug-likeness (QED) is 0.0552. The van der Waals surface area contributed by atoms with Gasteiger partial charge in [0.15, 0.2) is 42.3 Å². The Hall–Kier alpha value is -2.79. The van der Waals surface area contributed by atoms with Crippen LogP contribution in [-0.4, -0.2) is 124 Å². The number of methoxy groups -OCH3 is 2. The first-order valence-corrected chi connectivity index (χ1v) is 44.2. The Bertz CT molecular complexity index is 2770. The molecule has 95 heavy (non-hydrogen) atoms. The molecule has 3 saturated heterocycles. The van der Waals surface area contributed by atoms with Crippen LogP contribution in [-0.2, 0) is 64.4 Å². The average Bonchev–Trinajstić information content (AvgIpc) is 0.775. The minimum absolute atomic E-state index is 0.0370. The fourth-order valence-corrected chi connectivity index (χ4v) is 23.2. The van der Waals surface area contributed by atoms with Gasteiger partial charge in [0.25, 0.3) is 0 Å². The van der Waals surface area contributed by atoms with Gasteiger partial charge >= 0.3 is 0 Å². The van der Waals surface area contributed by atoms with E-state index in [2.05, 4.69) is 246 Å². The number of rotatable bonds is 32. The molecule has 16 heteroatoms. The lowest BCUT2D eigenvalue weighted by Gasteiger charge is -2.53. The normalized spacial score (nSPS) is 26.1. The fourth-order valence-electron chi connectivity index (χ4n) is 14.9. The molecule has 0 aliphatic carbocycles. The second-order valence-corrected chi connectivity index (χ2v) is 48.9. The van der Waals surface area contributed by atoms with Gasteiger partial charge in [-0.2, -0.15) is 0 Å². The maximum atomic E-state index is 7.79. The molecule has 3 heterocycles. The van der Waals surface area contributed by atoms with Crippen molar-refractivity contribution in [1.29, 1.82) is 0 Å². The van der Waals surface area contributed by atoms with E-state index in [-0.39, 0.29) is 101 Å². The van der Waals surface area contributed by atoms with E-state index in [0.717, 1.165) is 28.2 Å². The summed E-state index contributed by atoms with van der Waals surface area (Å²) in [4.78, 5) is 0. The van der Waals surface area contributed by atoms with Crippen molar-refractivity contribution in [2.75, 3.05) is 20.8 Å². The molecule has 0 radical (unpaired) electrons. The minimum Gasteiger partial charge on any atom is -0.497 e. The third-order valence-electron chi connectivity index (χ3n) is 22.2. The number of hydrogen-bond acceptors (Lipinski definition) is 13. The molecule has 15 atom stereocenters. The highest BCUT2D eigenvalue weighted by atomic mass is 28.4. The van der Waals surface area contributed by atoms with Crippen molar-refractivity contribution < 1.29 is 60.6 Å². The molecule has 540 valence electrons. The summed E-state index contributed by atoms with van der Waals surface area (Å²) in [5, 5.41) is -0.108. The van der Waals surface area contributed by atoms with Crippen molar-refractivity contribution in [3.8, 4) is 11.5 Å². The van der Waals surface area contributed by atoms with Gasteiger partial charge in [0.05, 0.1) is 95.1 Å². The molecule has 0 unspecified atom stereocenters. The van der Waals surface area contributed by atoms with Crippen molar-refractivity contribution in [2.24, 2.45) is 29.6 Å². The van der Waals surface area contributed by atoms with Crippen LogP contribution in [0.3, 0.4) is 0 Å². The first-order valence-electron chi connectivity index (χ1n) is 36.2. The van der Waals surface area contributed by atoms with E-state index < -0.39 is 42.3 Å². The Labute approximate surface area is 581 Å².